The Labute approximate surface area is 150 Å². The van der Waals surface area contributed by atoms with Crippen molar-refractivity contribution in [1.82, 2.24) is 0 Å². The van der Waals surface area contributed by atoms with Crippen molar-refractivity contribution in [3.05, 3.63) is 95.0 Å². The van der Waals surface area contributed by atoms with E-state index in [4.69, 9.17) is 11.6 Å². The van der Waals surface area contributed by atoms with Gasteiger partial charge in [-0.3, -0.25) is 0 Å². The van der Waals surface area contributed by atoms with Gasteiger partial charge in [0.1, 0.15) is 0 Å². The Hall–Kier alpha value is -2.35. The topological polar surface area (TPSA) is 0 Å². The van der Waals surface area contributed by atoms with Crippen LogP contribution < -0.4 is 0 Å². The monoisotopic (exact) mass is 346 g/mol. The molecule has 0 nitrogen and oxygen atoms in total. The van der Waals surface area contributed by atoms with Gasteiger partial charge in [0.15, 0.2) is 0 Å². The molecule has 0 radical (unpaired) electrons. The van der Waals surface area contributed by atoms with Crippen LogP contribution in [0, 0.1) is 0 Å². The molecule has 0 spiro atoms. The van der Waals surface area contributed by atoms with Gasteiger partial charge in [-0.25, -0.2) is 0 Å². The minimum Gasteiger partial charge on any atom is -0.135 e. The molecule has 1 heterocycles. The molecule has 2 heteroatoms. The van der Waals surface area contributed by atoms with Crippen LogP contribution in [0.3, 0.4) is 0 Å². The van der Waals surface area contributed by atoms with Crippen LogP contribution in [0.25, 0.3) is 32.7 Å². The fourth-order valence-corrected chi connectivity index (χ4v) is 4.28. The standard InChI is InChI=1S/C22H15ClS/c23-18-12-14-19-20(13-11-16-7-3-1-4-8-16)22(24-21(19)15-18)17-9-5-2-6-10-17/h1-15H. The summed E-state index contributed by atoms with van der Waals surface area (Å²) in [6.07, 6.45) is 4.38. The molecule has 0 unspecified atom stereocenters. The number of rotatable bonds is 3. The first kappa shape index (κ1) is 15.2. The SMILES string of the molecule is Clc1ccc2c(C=Cc3ccccc3)c(-c3ccccc3)sc2c1. The van der Waals surface area contributed by atoms with Crippen LogP contribution in [0.4, 0.5) is 0 Å². The number of halogens is 1. The second-order valence-corrected chi connectivity index (χ2v) is 7.08. The zero-order valence-electron chi connectivity index (χ0n) is 12.9. The summed E-state index contributed by atoms with van der Waals surface area (Å²) in [5.74, 6) is 0. The Balaban J connectivity index is 1.90. The Morgan fingerprint density at radius 3 is 2.21 bits per heavy atom. The minimum atomic E-state index is 0.780. The second kappa shape index (κ2) is 6.64. The van der Waals surface area contributed by atoms with Gasteiger partial charge in [0.25, 0.3) is 0 Å². The molecule has 0 atom stereocenters. The van der Waals surface area contributed by atoms with E-state index in [-0.39, 0.29) is 0 Å². The average Bonchev–Trinajstić information content (AvgIpc) is 2.99. The van der Waals surface area contributed by atoms with E-state index in [2.05, 4.69) is 66.7 Å². The van der Waals surface area contributed by atoms with Crippen LogP contribution in [-0.4, -0.2) is 0 Å². The van der Waals surface area contributed by atoms with Crippen LogP contribution in [0.1, 0.15) is 11.1 Å². The van der Waals surface area contributed by atoms with Gasteiger partial charge in [-0.2, -0.15) is 0 Å². The molecule has 0 aliphatic carbocycles. The molecule has 0 saturated carbocycles. The van der Waals surface area contributed by atoms with Gasteiger partial charge < -0.3 is 0 Å². The summed E-state index contributed by atoms with van der Waals surface area (Å²) < 4.78 is 1.22. The number of benzene rings is 3. The summed E-state index contributed by atoms with van der Waals surface area (Å²) in [4.78, 5) is 1.28. The zero-order valence-corrected chi connectivity index (χ0v) is 14.5. The zero-order chi connectivity index (χ0) is 16.4. The summed E-state index contributed by atoms with van der Waals surface area (Å²) in [7, 11) is 0. The molecule has 4 rings (SSSR count). The highest BCUT2D eigenvalue weighted by Gasteiger charge is 2.12. The summed E-state index contributed by atoms with van der Waals surface area (Å²) in [6, 6.07) is 27.0. The Kier molecular flexibility index (Phi) is 4.20. The fraction of sp³-hybridized carbons (Fsp3) is 0. The van der Waals surface area contributed by atoms with E-state index in [1.54, 1.807) is 11.3 Å². The highest BCUT2D eigenvalue weighted by molar-refractivity contribution is 7.22. The summed E-state index contributed by atoms with van der Waals surface area (Å²) >= 11 is 7.98. The number of hydrogen-bond donors (Lipinski definition) is 0. The van der Waals surface area contributed by atoms with Crippen molar-refractivity contribution in [3.63, 3.8) is 0 Å². The third-order valence-electron chi connectivity index (χ3n) is 3.97. The average molecular weight is 347 g/mol. The predicted octanol–water partition coefficient (Wildman–Crippen LogP) is 7.39. The van der Waals surface area contributed by atoms with Gasteiger partial charge in [-0.15, -0.1) is 11.3 Å². The van der Waals surface area contributed by atoms with Crippen LogP contribution in [0.2, 0.25) is 5.02 Å². The van der Waals surface area contributed by atoms with Crippen LogP contribution in [-0.2, 0) is 0 Å². The highest BCUT2D eigenvalue weighted by atomic mass is 35.5. The second-order valence-electron chi connectivity index (χ2n) is 5.60. The largest absolute Gasteiger partial charge is 0.135 e. The van der Waals surface area contributed by atoms with Crippen molar-refractivity contribution < 1.29 is 0 Å². The third kappa shape index (κ3) is 3.01. The third-order valence-corrected chi connectivity index (χ3v) is 5.42. The lowest BCUT2D eigenvalue weighted by Crippen LogP contribution is -1.77. The lowest BCUT2D eigenvalue weighted by molar-refractivity contribution is 1.66. The van der Waals surface area contributed by atoms with E-state index in [0.717, 1.165) is 5.02 Å². The van der Waals surface area contributed by atoms with E-state index >= 15 is 0 Å². The molecule has 0 N–H and O–H groups in total. The molecule has 24 heavy (non-hydrogen) atoms. The Morgan fingerprint density at radius 2 is 1.46 bits per heavy atom. The molecular weight excluding hydrogens is 332 g/mol. The summed E-state index contributed by atoms with van der Waals surface area (Å²) in [6.45, 7) is 0. The van der Waals surface area contributed by atoms with Crippen molar-refractivity contribution in [2.75, 3.05) is 0 Å². The van der Waals surface area contributed by atoms with E-state index in [9.17, 15) is 0 Å². The van der Waals surface area contributed by atoms with Crippen molar-refractivity contribution >= 4 is 45.2 Å². The normalized spacial score (nSPS) is 11.4. The van der Waals surface area contributed by atoms with Crippen molar-refractivity contribution in [1.29, 1.82) is 0 Å². The van der Waals surface area contributed by atoms with Gasteiger partial charge in [-0.05, 0) is 23.3 Å². The predicted molar refractivity (Wildman–Crippen MR) is 108 cm³/mol. The molecule has 3 aromatic carbocycles. The summed E-state index contributed by atoms with van der Waals surface area (Å²) in [5, 5.41) is 2.03. The number of hydrogen-bond acceptors (Lipinski definition) is 1. The lowest BCUT2D eigenvalue weighted by Gasteiger charge is -2.01. The van der Waals surface area contributed by atoms with Gasteiger partial charge >= 0.3 is 0 Å². The molecular formula is C22H15ClS. The van der Waals surface area contributed by atoms with E-state index in [1.165, 1.54) is 31.7 Å². The van der Waals surface area contributed by atoms with E-state index in [0.29, 0.717) is 0 Å². The van der Waals surface area contributed by atoms with Crippen LogP contribution >= 0.6 is 22.9 Å². The van der Waals surface area contributed by atoms with Crippen LogP contribution in [0.15, 0.2) is 78.9 Å². The van der Waals surface area contributed by atoms with Gasteiger partial charge in [0.2, 0.25) is 0 Å². The fourth-order valence-electron chi connectivity index (χ4n) is 2.80. The molecule has 116 valence electrons. The number of thiophene rings is 1. The molecule has 0 aliphatic rings. The maximum atomic E-state index is 6.19. The van der Waals surface area contributed by atoms with E-state index < -0.39 is 0 Å². The van der Waals surface area contributed by atoms with Gasteiger partial charge in [0, 0.05) is 25.5 Å². The molecule has 0 bridgehead atoms. The van der Waals surface area contributed by atoms with Crippen molar-refractivity contribution in [2.24, 2.45) is 0 Å². The van der Waals surface area contributed by atoms with Gasteiger partial charge in [-0.1, -0.05) is 90.5 Å². The smallest absolute Gasteiger partial charge is 0.0427 e. The molecule has 0 aliphatic heterocycles. The molecule has 1 aromatic heterocycles. The molecule has 0 saturated heterocycles. The maximum absolute atomic E-state index is 6.19. The maximum Gasteiger partial charge on any atom is 0.0427 e. The number of fused-ring (bicyclic) bond motifs is 1. The highest BCUT2D eigenvalue weighted by Crippen LogP contribution is 2.40. The quantitative estimate of drug-likeness (QED) is 0.362. The lowest BCUT2D eigenvalue weighted by atomic mass is 10.0. The Bertz CT molecular complexity index is 998. The van der Waals surface area contributed by atoms with Gasteiger partial charge in [0.05, 0.1) is 0 Å². The van der Waals surface area contributed by atoms with E-state index in [1.807, 2.05) is 24.3 Å². The minimum absolute atomic E-state index is 0.780. The molecule has 4 aromatic rings. The Morgan fingerprint density at radius 1 is 0.750 bits per heavy atom. The first-order chi connectivity index (χ1) is 11.8. The molecule has 0 amide bonds. The summed E-state index contributed by atoms with van der Waals surface area (Å²) in [5.41, 5.74) is 3.69. The van der Waals surface area contributed by atoms with Crippen LogP contribution in [0.5, 0.6) is 0 Å². The molecule has 0 fully saturated rings. The van der Waals surface area contributed by atoms with Crippen molar-refractivity contribution in [3.8, 4) is 10.4 Å². The first-order valence-electron chi connectivity index (χ1n) is 7.82. The van der Waals surface area contributed by atoms with Crippen molar-refractivity contribution in [2.45, 2.75) is 0 Å². The first-order valence-corrected chi connectivity index (χ1v) is 9.01.